The number of nitriles is 1. The number of aryl methyl sites for hydroxylation is 2. The van der Waals surface area contributed by atoms with Crippen LogP contribution in [0.15, 0.2) is 54.2 Å². The number of rotatable bonds is 5. The van der Waals surface area contributed by atoms with Crippen LogP contribution in [0.4, 0.5) is 11.4 Å². The zero-order valence-corrected chi connectivity index (χ0v) is 14.4. The summed E-state index contributed by atoms with van der Waals surface area (Å²) < 4.78 is 0. The molecule has 2 N–H and O–H groups in total. The number of Topliss-reactive ketones (excluding diaryl/α,β-unsaturated/α-hetero) is 1. The second-order valence-corrected chi connectivity index (χ2v) is 5.67. The highest BCUT2D eigenvalue weighted by Crippen LogP contribution is 2.20. The Balaban J connectivity index is 2.13. The largest absolute Gasteiger partial charge is 0.360 e. The van der Waals surface area contributed by atoms with Crippen molar-refractivity contribution < 1.29 is 9.59 Å². The Kier molecular flexibility index (Phi) is 5.70. The lowest BCUT2D eigenvalue weighted by molar-refractivity contribution is -0.112. The van der Waals surface area contributed by atoms with Crippen LogP contribution in [-0.2, 0) is 4.79 Å². The first kappa shape index (κ1) is 18.0. The average molecular weight is 333 g/mol. The third-order valence-electron chi connectivity index (χ3n) is 3.76. The summed E-state index contributed by atoms with van der Waals surface area (Å²) in [5.41, 5.74) is 3.95. The molecule has 5 heteroatoms. The van der Waals surface area contributed by atoms with E-state index in [4.69, 9.17) is 0 Å². The number of hydrogen-bond acceptors (Lipinski definition) is 4. The Morgan fingerprint density at radius 2 is 1.64 bits per heavy atom. The molecule has 1 amide bonds. The summed E-state index contributed by atoms with van der Waals surface area (Å²) in [5.74, 6) is -0.565. The van der Waals surface area contributed by atoms with Crippen molar-refractivity contribution in [3.8, 4) is 6.07 Å². The number of ketones is 1. The number of para-hydroxylation sites is 1. The Labute approximate surface area is 147 Å². The minimum absolute atomic E-state index is 0.0432. The predicted molar refractivity (Wildman–Crippen MR) is 98.3 cm³/mol. The number of benzene rings is 2. The van der Waals surface area contributed by atoms with Gasteiger partial charge in [-0.1, -0.05) is 18.2 Å². The van der Waals surface area contributed by atoms with Gasteiger partial charge in [-0.05, 0) is 56.2 Å². The van der Waals surface area contributed by atoms with Crippen LogP contribution in [0.1, 0.15) is 28.4 Å². The van der Waals surface area contributed by atoms with Crippen LogP contribution >= 0.6 is 0 Å². The molecule has 2 rings (SSSR count). The van der Waals surface area contributed by atoms with Crippen molar-refractivity contribution in [2.24, 2.45) is 0 Å². The Morgan fingerprint density at radius 3 is 2.16 bits per heavy atom. The predicted octanol–water partition coefficient (Wildman–Crippen LogP) is 3.96. The van der Waals surface area contributed by atoms with E-state index in [1.54, 1.807) is 24.3 Å². The highest BCUT2D eigenvalue weighted by atomic mass is 16.1. The van der Waals surface area contributed by atoms with Gasteiger partial charge in [-0.25, -0.2) is 0 Å². The third kappa shape index (κ3) is 4.55. The van der Waals surface area contributed by atoms with Gasteiger partial charge in [-0.15, -0.1) is 0 Å². The number of hydrogen-bond donors (Lipinski definition) is 2. The summed E-state index contributed by atoms with van der Waals surface area (Å²) in [4.78, 5) is 23.5. The monoisotopic (exact) mass is 333 g/mol. The fourth-order valence-electron chi connectivity index (χ4n) is 2.32. The van der Waals surface area contributed by atoms with Gasteiger partial charge in [0, 0.05) is 23.1 Å². The molecule has 0 saturated carbocycles. The number of amides is 1. The highest BCUT2D eigenvalue weighted by molar-refractivity contribution is 6.07. The van der Waals surface area contributed by atoms with Crippen molar-refractivity contribution >= 4 is 23.1 Å². The molecule has 0 atom stereocenters. The van der Waals surface area contributed by atoms with Gasteiger partial charge in [-0.3, -0.25) is 9.59 Å². The summed E-state index contributed by atoms with van der Waals surface area (Å²) in [6.07, 6.45) is 1.40. The number of anilines is 2. The molecular formula is C20H19N3O2. The fourth-order valence-corrected chi connectivity index (χ4v) is 2.32. The molecule has 0 spiro atoms. The fraction of sp³-hybridized carbons (Fsp3) is 0.150. The van der Waals surface area contributed by atoms with Crippen molar-refractivity contribution in [1.82, 2.24) is 0 Å². The maximum atomic E-state index is 12.2. The second-order valence-electron chi connectivity index (χ2n) is 5.67. The molecule has 0 saturated heterocycles. The summed E-state index contributed by atoms with van der Waals surface area (Å²) in [5, 5.41) is 14.9. The molecular weight excluding hydrogens is 314 g/mol. The van der Waals surface area contributed by atoms with Gasteiger partial charge >= 0.3 is 0 Å². The van der Waals surface area contributed by atoms with Crippen molar-refractivity contribution in [1.29, 1.82) is 5.26 Å². The molecule has 5 nitrogen and oxygen atoms in total. The lowest BCUT2D eigenvalue weighted by Crippen LogP contribution is -2.14. The van der Waals surface area contributed by atoms with Gasteiger partial charge in [-0.2, -0.15) is 5.26 Å². The zero-order valence-electron chi connectivity index (χ0n) is 14.4. The normalized spacial score (nSPS) is 10.7. The zero-order chi connectivity index (χ0) is 18.4. The van der Waals surface area contributed by atoms with E-state index in [0.29, 0.717) is 11.3 Å². The summed E-state index contributed by atoms with van der Waals surface area (Å²) >= 11 is 0. The Morgan fingerprint density at radius 1 is 1.04 bits per heavy atom. The average Bonchev–Trinajstić information content (AvgIpc) is 2.58. The summed E-state index contributed by atoms with van der Waals surface area (Å²) in [6, 6.07) is 14.3. The van der Waals surface area contributed by atoms with E-state index < -0.39 is 5.91 Å². The second kappa shape index (κ2) is 7.93. The van der Waals surface area contributed by atoms with Crippen LogP contribution in [0.25, 0.3) is 0 Å². The molecule has 0 fully saturated rings. The molecule has 25 heavy (non-hydrogen) atoms. The van der Waals surface area contributed by atoms with Crippen molar-refractivity contribution in [3.05, 3.63) is 70.9 Å². The molecule has 2 aromatic carbocycles. The molecule has 0 bridgehead atoms. The van der Waals surface area contributed by atoms with E-state index >= 15 is 0 Å². The van der Waals surface area contributed by atoms with E-state index in [-0.39, 0.29) is 11.4 Å². The molecule has 0 aliphatic carbocycles. The minimum Gasteiger partial charge on any atom is -0.360 e. The first-order valence-electron chi connectivity index (χ1n) is 7.77. The van der Waals surface area contributed by atoms with Crippen molar-refractivity contribution in [2.75, 3.05) is 10.6 Å². The topological polar surface area (TPSA) is 82.0 Å². The lowest BCUT2D eigenvalue weighted by atomic mass is 10.1. The standard InChI is InChI=1S/C20H19N3O2/c1-13-5-4-6-14(2)19(13)22-12-17(11-21)20(25)23-18-9-7-16(8-10-18)15(3)24/h4-10,12,22H,1-3H3,(H,23,25)/b17-12-. The summed E-state index contributed by atoms with van der Waals surface area (Å²) in [6.45, 7) is 5.38. The number of nitrogens with one attached hydrogen (secondary N) is 2. The SMILES string of the molecule is CC(=O)c1ccc(NC(=O)/C(C#N)=C\Nc2c(C)cccc2C)cc1. The van der Waals surface area contributed by atoms with Crippen LogP contribution in [0, 0.1) is 25.2 Å². The first-order chi connectivity index (χ1) is 11.9. The van der Waals surface area contributed by atoms with Gasteiger partial charge in [0.25, 0.3) is 5.91 Å². The van der Waals surface area contributed by atoms with E-state index in [1.807, 2.05) is 38.1 Å². The Bertz CT molecular complexity index is 855. The molecule has 0 unspecified atom stereocenters. The van der Waals surface area contributed by atoms with Crippen LogP contribution in [0.2, 0.25) is 0 Å². The number of carbonyl (C=O) groups is 2. The van der Waals surface area contributed by atoms with E-state index in [9.17, 15) is 14.9 Å². The molecule has 0 aliphatic rings. The maximum Gasteiger partial charge on any atom is 0.267 e. The van der Waals surface area contributed by atoms with Gasteiger partial charge in [0.05, 0.1) is 0 Å². The quantitative estimate of drug-likeness (QED) is 0.493. The van der Waals surface area contributed by atoms with Crippen LogP contribution in [0.3, 0.4) is 0 Å². The molecule has 2 aromatic rings. The van der Waals surface area contributed by atoms with Crippen LogP contribution < -0.4 is 10.6 Å². The van der Waals surface area contributed by atoms with E-state index in [1.165, 1.54) is 13.1 Å². The molecule has 0 aromatic heterocycles. The summed E-state index contributed by atoms with van der Waals surface area (Å²) in [7, 11) is 0. The van der Waals surface area contributed by atoms with Gasteiger partial charge < -0.3 is 10.6 Å². The van der Waals surface area contributed by atoms with Crippen LogP contribution in [0.5, 0.6) is 0 Å². The van der Waals surface area contributed by atoms with E-state index in [2.05, 4.69) is 10.6 Å². The minimum atomic E-state index is -0.517. The molecule has 0 radical (unpaired) electrons. The van der Waals surface area contributed by atoms with Crippen LogP contribution in [-0.4, -0.2) is 11.7 Å². The van der Waals surface area contributed by atoms with E-state index in [0.717, 1.165) is 16.8 Å². The van der Waals surface area contributed by atoms with Gasteiger partial charge in [0.15, 0.2) is 5.78 Å². The molecule has 0 heterocycles. The smallest absolute Gasteiger partial charge is 0.267 e. The van der Waals surface area contributed by atoms with Gasteiger partial charge in [0.2, 0.25) is 0 Å². The first-order valence-corrected chi connectivity index (χ1v) is 7.77. The third-order valence-corrected chi connectivity index (χ3v) is 3.76. The van der Waals surface area contributed by atoms with Crippen molar-refractivity contribution in [2.45, 2.75) is 20.8 Å². The van der Waals surface area contributed by atoms with Gasteiger partial charge in [0.1, 0.15) is 11.6 Å². The molecule has 0 aliphatic heterocycles. The lowest BCUT2D eigenvalue weighted by Gasteiger charge is -2.10. The molecule has 126 valence electrons. The van der Waals surface area contributed by atoms with Crippen molar-refractivity contribution in [3.63, 3.8) is 0 Å². The number of nitrogens with zero attached hydrogens (tertiary/aromatic N) is 1. The number of carbonyl (C=O) groups excluding carboxylic acids is 2. The highest BCUT2D eigenvalue weighted by Gasteiger charge is 2.10. The Hall–Kier alpha value is -3.39. The maximum absolute atomic E-state index is 12.2.